The van der Waals surface area contributed by atoms with Crippen LogP contribution in [-0.4, -0.2) is 9.97 Å². The molecule has 5 heteroatoms. The average Bonchev–Trinajstić information content (AvgIpc) is 2.65. The maximum absolute atomic E-state index is 5.79. The first-order valence-electron chi connectivity index (χ1n) is 4.95. The molecule has 0 aromatic carbocycles. The maximum Gasteiger partial charge on any atom is 0.216 e. The summed E-state index contributed by atoms with van der Waals surface area (Å²) in [5, 5.41) is 3.69. The monoisotopic (exact) mass is 237 g/mol. The lowest BCUT2D eigenvalue weighted by molar-refractivity contribution is 0.453. The van der Waals surface area contributed by atoms with Crippen molar-refractivity contribution in [1.29, 1.82) is 0 Å². The molecular formula is C11H12ClN3O. The third kappa shape index (κ3) is 2.52. The number of aryl methyl sites for hydroxylation is 1. The number of rotatable bonds is 3. The SMILES string of the molecule is Cc1cnc(C(C)Nc2ccnc(Cl)c2)o1. The normalized spacial score (nSPS) is 12.4. The van der Waals surface area contributed by atoms with E-state index >= 15 is 0 Å². The number of hydrogen-bond donors (Lipinski definition) is 1. The maximum atomic E-state index is 5.79. The van der Waals surface area contributed by atoms with E-state index in [9.17, 15) is 0 Å². The van der Waals surface area contributed by atoms with Crippen LogP contribution < -0.4 is 5.32 Å². The third-order valence-corrected chi connectivity index (χ3v) is 2.33. The van der Waals surface area contributed by atoms with Crippen molar-refractivity contribution >= 4 is 17.3 Å². The first-order chi connectivity index (χ1) is 7.65. The lowest BCUT2D eigenvalue weighted by Crippen LogP contribution is -2.06. The summed E-state index contributed by atoms with van der Waals surface area (Å²) >= 11 is 5.79. The van der Waals surface area contributed by atoms with Gasteiger partial charge < -0.3 is 9.73 Å². The lowest BCUT2D eigenvalue weighted by atomic mass is 10.3. The molecule has 4 nitrogen and oxygen atoms in total. The summed E-state index contributed by atoms with van der Waals surface area (Å²) in [6.07, 6.45) is 3.35. The molecule has 2 rings (SSSR count). The van der Waals surface area contributed by atoms with Crippen LogP contribution in [0.2, 0.25) is 5.15 Å². The Morgan fingerprint density at radius 3 is 2.88 bits per heavy atom. The van der Waals surface area contributed by atoms with Crippen LogP contribution in [0, 0.1) is 6.92 Å². The van der Waals surface area contributed by atoms with Gasteiger partial charge in [-0.3, -0.25) is 0 Å². The number of aromatic nitrogens is 2. The van der Waals surface area contributed by atoms with Crippen LogP contribution in [0.5, 0.6) is 0 Å². The molecule has 1 unspecified atom stereocenters. The Labute approximate surface area is 98.7 Å². The van der Waals surface area contributed by atoms with Gasteiger partial charge in [0.15, 0.2) is 0 Å². The minimum Gasteiger partial charge on any atom is -0.444 e. The Morgan fingerprint density at radius 1 is 1.44 bits per heavy atom. The summed E-state index contributed by atoms with van der Waals surface area (Å²) in [5.74, 6) is 1.46. The summed E-state index contributed by atoms with van der Waals surface area (Å²) in [4.78, 5) is 8.07. The van der Waals surface area contributed by atoms with E-state index in [1.54, 1.807) is 18.5 Å². The number of hydrogen-bond acceptors (Lipinski definition) is 4. The number of nitrogens with zero attached hydrogens (tertiary/aromatic N) is 2. The third-order valence-electron chi connectivity index (χ3n) is 2.12. The molecule has 0 radical (unpaired) electrons. The van der Waals surface area contributed by atoms with Crippen molar-refractivity contribution in [3.8, 4) is 0 Å². The predicted molar refractivity (Wildman–Crippen MR) is 62.5 cm³/mol. The second-order valence-corrected chi connectivity index (χ2v) is 3.93. The van der Waals surface area contributed by atoms with Crippen molar-refractivity contribution in [2.45, 2.75) is 19.9 Å². The molecule has 0 bridgehead atoms. The van der Waals surface area contributed by atoms with Crippen molar-refractivity contribution in [2.75, 3.05) is 5.32 Å². The zero-order valence-electron chi connectivity index (χ0n) is 9.07. The molecule has 0 amide bonds. The highest BCUT2D eigenvalue weighted by Gasteiger charge is 2.10. The van der Waals surface area contributed by atoms with Gasteiger partial charge in [0.1, 0.15) is 17.0 Å². The molecule has 16 heavy (non-hydrogen) atoms. The van der Waals surface area contributed by atoms with Crippen LogP contribution >= 0.6 is 11.6 Å². The highest BCUT2D eigenvalue weighted by molar-refractivity contribution is 6.29. The van der Waals surface area contributed by atoms with Gasteiger partial charge in [0.2, 0.25) is 5.89 Å². The second kappa shape index (κ2) is 4.53. The van der Waals surface area contributed by atoms with Crippen molar-refractivity contribution < 1.29 is 4.42 Å². The van der Waals surface area contributed by atoms with Gasteiger partial charge in [0.25, 0.3) is 0 Å². The topological polar surface area (TPSA) is 51.0 Å². The van der Waals surface area contributed by atoms with Gasteiger partial charge in [-0.15, -0.1) is 0 Å². The molecule has 0 saturated carbocycles. The Hall–Kier alpha value is -1.55. The molecule has 2 aromatic heterocycles. The average molecular weight is 238 g/mol. The zero-order chi connectivity index (χ0) is 11.5. The van der Waals surface area contributed by atoms with Crippen molar-refractivity contribution in [1.82, 2.24) is 9.97 Å². The predicted octanol–water partition coefficient (Wildman–Crippen LogP) is 3.20. The molecule has 2 heterocycles. The number of anilines is 1. The smallest absolute Gasteiger partial charge is 0.216 e. The van der Waals surface area contributed by atoms with Crippen molar-refractivity contribution in [2.24, 2.45) is 0 Å². The van der Waals surface area contributed by atoms with Crippen LogP contribution in [0.3, 0.4) is 0 Å². The van der Waals surface area contributed by atoms with E-state index < -0.39 is 0 Å². The number of nitrogens with one attached hydrogen (secondary N) is 1. The second-order valence-electron chi connectivity index (χ2n) is 3.54. The van der Waals surface area contributed by atoms with E-state index in [1.807, 2.05) is 19.9 Å². The van der Waals surface area contributed by atoms with E-state index in [0.717, 1.165) is 11.4 Å². The summed E-state index contributed by atoms with van der Waals surface area (Å²) in [5.41, 5.74) is 0.892. The fourth-order valence-electron chi connectivity index (χ4n) is 1.38. The Kier molecular flexibility index (Phi) is 3.10. The standard InChI is InChI=1S/C11H12ClN3O/c1-7-6-14-11(16-7)8(2)15-9-3-4-13-10(12)5-9/h3-6,8H,1-2H3,(H,13,15). The quantitative estimate of drug-likeness (QED) is 0.833. The van der Waals surface area contributed by atoms with Crippen LogP contribution in [0.4, 0.5) is 5.69 Å². The van der Waals surface area contributed by atoms with Gasteiger partial charge in [-0.25, -0.2) is 9.97 Å². The highest BCUT2D eigenvalue weighted by atomic mass is 35.5. The molecule has 84 valence electrons. The summed E-state index contributed by atoms with van der Waals surface area (Å²) in [6, 6.07) is 3.60. The Balaban J connectivity index is 2.10. The molecule has 2 aromatic rings. The molecule has 0 spiro atoms. The number of pyridine rings is 1. The summed E-state index contributed by atoms with van der Waals surface area (Å²) in [6.45, 7) is 3.84. The summed E-state index contributed by atoms with van der Waals surface area (Å²) in [7, 11) is 0. The van der Waals surface area contributed by atoms with E-state index in [2.05, 4.69) is 15.3 Å². The first kappa shape index (κ1) is 11.0. The van der Waals surface area contributed by atoms with Gasteiger partial charge in [-0.1, -0.05) is 11.6 Å². The van der Waals surface area contributed by atoms with Crippen LogP contribution in [0.1, 0.15) is 24.6 Å². The van der Waals surface area contributed by atoms with Crippen molar-refractivity contribution in [3.63, 3.8) is 0 Å². The zero-order valence-corrected chi connectivity index (χ0v) is 9.82. The number of halogens is 1. The largest absolute Gasteiger partial charge is 0.444 e. The van der Waals surface area contributed by atoms with E-state index in [1.165, 1.54) is 0 Å². The first-order valence-corrected chi connectivity index (χ1v) is 5.33. The minimum atomic E-state index is -0.00725. The van der Waals surface area contributed by atoms with Gasteiger partial charge in [-0.2, -0.15) is 0 Å². The van der Waals surface area contributed by atoms with Crippen LogP contribution in [0.25, 0.3) is 0 Å². The van der Waals surface area contributed by atoms with E-state index in [-0.39, 0.29) is 6.04 Å². The molecular weight excluding hydrogens is 226 g/mol. The fourth-order valence-corrected chi connectivity index (χ4v) is 1.55. The molecule has 0 fully saturated rings. The minimum absolute atomic E-state index is 0.00725. The lowest BCUT2D eigenvalue weighted by Gasteiger charge is -2.11. The van der Waals surface area contributed by atoms with E-state index in [4.69, 9.17) is 16.0 Å². The van der Waals surface area contributed by atoms with Crippen LogP contribution in [-0.2, 0) is 0 Å². The molecule has 0 saturated heterocycles. The van der Waals surface area contributed by atoms with E-state index in [0.29, 0.717) is 11.0 Å². The van der Waals surface area contributed by atoms with Gasteiger partial charge in [0, 0.05) is 11.9 Å². The van der Waals surface area contributed by atoms with Gasteiger partial charge >= 0.3 is 0 Å². The number of oxazole rings is 1. The molecule has 0 aliphatic carbocycles. The highest BCUT2D eigenvalue weighted by Crippen LogP contribution is 2.20. The molecule has 1 N–H and O–H groups in total. The van der Waals surface area contributed by atoms with Gasteiger partial charge in [-0.05, 0) is 26.0 Å². The molecule has 1 atom stereocenters. The Bertz CT molecular complexity index is 484. The molecule has 0 aliphatic rings. The van der Waals surface area contributed by atoms with Crippen molar-refractivity contribution in [3.05, 3.63) is 41.3 Å². The molecule has 0 aliphatic heterocycles. The Morgan fingerprint density at radius 2 is 2.25 bits per heavy atom. The summed E-state index contributed by atoms with van der Waals surface area (Å²) < 4.78 is 5.43. The fraction of sp³-hybridized carbons (Fsp3) is 0.273. The van der Waals surface area contributed by atoms with Gasteiger partial charge in [0.05, 0.1) is 6.20 Å². The van der Waals surface area contributed by atoms with Crippen LogP contribution in [0.15, 0.2) is 28.9 Å².